The van der Waals surface area contributed by atoms with Crippen LogP contribution in [0.4, 0.5) is 0 Å². The lowest BCUT2D eigenvalue weighted by molar-refractivity contribution is -0.133. The highest BCUT2D eigenvalue weighted by atomic mass is 16.5. The van der Waals surface area contributed by atoms with E-state index in [4.69, 9.17) is 19.7 Å². The molecule has 0 aromatic heterocycles. The van der Waals surface area contributed by atoms with E-state index in [9.17, 15) is 9.59 Å². The summed E-state index contributed by atoms with van der Waals surface area (Å²) in [6.45, 7) is 10.4. The first-order valence-electron chi connectivity index (χ1n) is 5.37. The summed E-state index contributed by atoms with van der Waals surface area (Å²) in [6.07, 6.45) is 1.20. The highest BCUT2D eigenvalue weighted by Crippen LogP contribution is 1.97. The number of carboxylic acid groups (broad SMARTS) is 2. The van der Waals surface area contributed by atoms with Crippen LogP contribution in [0.3, 0.4) is 0 Å². The molecular formula is C12H20O6. The van der Waals surface area contributed by atoms with E-state index in [-0.39, 0.29) is 5.57 Å². The summed E-state index contributed by atoms with van der Waals surface area (Å²) >= 11 is 0. The maximum absolute atomic E-state index is 10.3. The molecule has 0 aliphatic heterocycles. The number of hydrogen-bond donors (Lipinski definition) is 2. The second-order valence-corrected chi connectivity index (χ2v) is 3.01. The summed E-state index contributed by atoms with van der Waals surface area (Å²) in [7, 11) is 0. The van der Waals surface area contributed by atoms with Crippen LogP contribution in [0.25, 0.3) is 0 Å². The van der Waals surface area contributed by atoms with Crippen LogP contribution in [0.1, 0.15) is 13.3 Å². The molecule has 0 fully saturated rings. The Morgan fingerprint density at radius 2 is 1.67 bits per heavy atom. The van der Waals surface area contributed by atoms with Crippen molar-refractivity contribution in [3.63, 3.8) is 0 Å². The summed E-state index contributed by atoms with van der Waals surface area (Å²) in [5.41, 5.74) is 0.177. The van der Waals surface area contributed by atoms with Gasteiger partial charge in [0.2, 0.25) is 0 Å². The van der Waals surface area contributed by atoms with Crippen molar-refractivity contribution in [3.8, 4) is 0 Å². The lowest BCUT2D eigenvalue weighted by atomic mass is 10.2. The molecule has 0 saturated carbocycles. The molecule has 6 nitrogen and oxygen atoms in total. The van der Waals surface area contributed by atoms with Crippen molar-refractivity contribution < 1.29 is 29.3 Å². The van der Waals surface area contributed by atoms with Crippen LogP contribution in [-0.2, 0) is 19.1 Å². The number of carbonyl (C=O) groups is 2. The molecule has 0 heterocycles. The molecule has 0 aromatic carbocycles. The van der Waals surface area contributed by atoms with Crippen molar-refractivity contribution in [1.29, 1.82) is 0 Å². The van der Waals surface area contributed by atoms with E-state index < -0.39 is 11.9 Å². The van der Waals surface area contributed by atoms with Gasteiger partial charge in [0.1, 0.15) is 0 Å². The first kappa shape index (κ1) is 18.7. The predicted octanol–water partition coefficient (Wildman–Crippen LogP) is 1.33. The van der Waals surface area contributed by atoms with Gasteiger partial charge in [-0.3, -0.25) is 0 Å². The molecule has 0 rings (SSSR count). The fraction of sp³-hybridized carbons (Fsp3) is 0.500. The van der Waals surface area contributed by atoms with Gasteiger partial charge in [0.25, 0.3) is 0 Å². The zero-order valence-corrected chi connectivity index (χ0v) is 10.6. The normalized spacial score (nSPS) is 8.94. The highest BCUT2D eigenvalue weighted by Gasteiger charge is 2.02. The largest absolute Gasteiger partial charge is 0.478 e. The van der Waals surface area contributed by atoms with E-state index in [2.05, 4.69) is 13.2 Å². The summed E-state index contributed by atoms with van der Waals surface area (Å²) in [5, 5.41) is 16.0. The third kappa shape index (κ3) is 16.8. The Balaban J connectivity index is 0. The lowest BCUT2D eigenvalue weighted by Crippen LogP contribution is -2.07. The Hall–Kier alpha value is -1.66. The highest BCUT2D eigenvalue weighted by molar-refractivity contribution is 5.85. The molecule has 0 aromatic rings. The van der Waals surface area contributed by atoms with Gasteiger partial charge in [-0.2, -0.15) is 0 Å². The van der Waals surface area contributed by atoms with Crippen molar-refractivity contribution >= 4 is 11.9 Å². The molecule has 0 unspecified atom stereocenters. The van der Waals surface area contributed by atoms with Gasteiger partial charge >= 0.3 is 11.9 Å². The van der Waals surface area contributed by atoms with E-state index in [0.717, 1.165) is 6.08 Å². The summed E-state index contributed by atoms with van der Waals surface area (Å²) < 4.78 is 10.1. The fourth-order valence-corrected chi connectivity index (χ4v) is 0.667. The van der Waals surface area contributed by atoms with Gasteiger partial charge in [-0.15, -0.1) is 0 Å². The molecule has 0 atom stereocenters. The number of ether oxygens (including phenoxy) is 2. The number of hydrogen-bond acceptors (Lipinski definition) is 4. The average molecular weight is 260 g/mol. The monoisotopic (exact) mass is 260 g/mol. The van der Waals surface area contributed by atoms with Gasteiger partial charge in [0.15, 0.2) is 0 Å². The Morgan fingerprint density at radius 3 is 2.06 bits per heavy atom. The molecule has 0 bridgehead atoms. The summed E-state index contributed by atoms with van der Waals surface area (Å²) in [6, 6.07) is 0. The van der Waals surface area contributed by atoms with Crippen LogP contribution in [0.5, 0.6) is 0 Å². The minimum atomic E-state index is -0.981. The SMILES string of the molecule is C=C(CCOCCOCC)C(=O)O.C=CC(=O)O. The zero-order chi connectivity index (χ0) is 14.4. The quantitative estimate of drug-likeness (QED) is 0.480. The molecule has 0 aliphatic rings. The Morgan fingerprint density at radius 1 is 1.17 bits per heavy atom. The summed E-state index contributed by atoms with van der Waals surface area (Å²) in [4.78, 5) is 19.5. The molecule has 2 N–H and O–H groups in total. The number of rotatable bonds is 9. The molecule has 0 saturated heterocycles. The van der Waals surface area contributed by atoms with Gasteiger partial charge in [-0.25, -0.2) is 9.59 Å². The molecule has 6 heteroatoms. The Bertz CT molecular complexity index is 272. The van der Waals surface area contributed by atoms with Crippen LogP contribution in [0.15, 0.2) is 24.8 Å². The van der Waals surface area contributed by atoms with Crippen molar-refractivity contribution in [3.05, 3.63) is 24.8 Å². The molecule has 18 heavy (non-hydrogen) atoms. The van der Waals surface area contributed by atoms with E-state index >= 15 is 0 Å². The van der Waals surface area contributed by atoms with Crippen LogP contribution in [0, 0.1) is 0 Å². The maximum Gasteiger partial charge on any atom is 0.331 e. The number of carboxylic acids is 2. The van der Waals surface area contributed by atoms with Crippen LogP contribution < -0.4 is 0 Å². The fourth-order valence-electron chi connectivity index (χ4n) is 0.667. The molecule has 0 aliphatic carbocycles. The van der Waals surface area contributed by atoms with Crippen molar-refractivity contribution in [1.82, 2.24) is 0 Å². The van der Waals surface area contributed by atoms with Gasteiger partial charge in [-0.1, -0.05) is 13.2 Å². The number of aliphatic carboxylic acids is 2. The topological polar surface area (TPSA) is 93.1 Å². The van der Waals surface area contributed by atoms with Crippen molar-refractivity contribution in [2.45, 2.75) is 13.3 Å². The predicted molar refractivity (Wildman–Crippen MR) is 66.5 cm³/mol. The third-order valence-corrected chi connectivity index (χ3v) is 1.60. The van der Waals surface area contributed by atoms with Gasteiger partial charge in [-0.05, 0) is 6.92 Å². The van der Waals surface area contributed by atoms with Crippen molar-refractivity contribution in [2.24, 2.45) is 0 Å². The molecule has 104 valence electrons. The van der Waals surface area contributed by atoms with Crippen LogP contribution in [0.2, 0.25) is 0 Å². The van der Waals surface area contributed by atoms with Crippen molar-refractivity contribution in [2.75, 3.05) is 26.4 Å². The Kier molecular flexibility index (Phi) is 13.9. The second-order valence-electron chi connectivity index (χ2n) is 3.01. The van der Waals surface area contributed by atoms with Gasteiger partial charge in [0, 0.05) is 24.7 Å². The lowest BCUT2D eigenvalue weighted by Gasteiger charge is -2.03. The van der Waals surface area contributed by atoms with E-state index in [1.165, 1.54) is 0 Å². The standard InChI is InChI=1S/C9H16O4.C3H4O2/c1-3-12-6-7-13-5-4-8(2)9(10)11;1-2-3(4)5/h2-7H2,1H3,(H,10,11);2H,1H2,(H,4,5). The Labute approximate surface area is 107 Å². The third-order valence-electron chi connectivity index (χ3n) is 1.60. The first-order valence-corrected chi connectivity index (χ1v) is 5.37. The van der Waals surface area contributed by atoms with Gasteiger partial charge in [0.05, 0.1) is 19.8 Å². The summed E-state index contributed by atoms with van der Waals surface area (Å²) in [5.74, 6) is -1.95. The molecule has 0 spiro atoms. The van der Waals surface area contributed by atoms with Gasteiger partial charge < -0.3 is 19.7 Å². The van der Waals surface area contributed by atoms with E-state index in [1.54, 1.807) is 0 Å². The van der Waals surface area contributed by atoms with E-state index in [0.29, 0.717) is 32.8 Å². The van der Waals surface area contributed by atoms with E-state index in [1.807, 2.05) is 6.92 Å². The average Bonchev–Trinajstić information content (AvgIpc) is 2.33. The minimum absolute atomic E-state index is 0.177. The minimum Gasteiger partial charge on any atom is -0.478 e. The first-order chi connectivity index (χ1) is 8.45. The smallest absolute Gasteiger partial charge is 0.331 e. The molecule has 0 radical (unpaired) electrons. The second kappa shape index (κ2) is 13.4. The molecule has 0 amide bonds. The van der Waals surface area contributed by atoms with Crippen LogP contribution in [-0.4, -0.2) is 48.6 Å². The maximum atomic E-state index is 10.3. The molecular weight excluding hydrogens is 240 g/mol. The van der Waals surface area contributed by atoms with Crippen LogP contribution >= 0.6 is 0 Å². The zero-order valence-electron chi connectivity index (χ0n) is 10.6.